The molecule has 2 aromatic heterocycles. The fraction of sp³-hybridized carbons (Fsp3) is 0.0909. The molecule has 6 nitrogen and oxygen atoms in total. The van der Waals surface area contributed by atoms with E-state index in [1.54, 1.807) is 18.3 Å². The molecule has 0 aliphatic rings. The predicted molar refractivity (Wildman–Crippen MR) is 61.7 cm³/mol. The van der Waals surface area contributed by atoms with Gasteiger partial charge in [-0.2, -0.15) is 13.2 Å². The van der Waals surface area contributed by atoms with Crippen LogP contribution < -0.4 is 5.73 Å². The average Bonchev–Trinajstić information content (AvgIpc) is 2.37. The van der Waals surface area contributed by atoms with Crippen LogP contribution in [0.1, 0.15) is 10.4 Å². The standard InChI is InChI=1S/C9H7N3O.C2HF3O2/c10-8(13)7-4-6-2-1-3-11-9(6)12-5-7;3-2(4,5)1(6)7/h1-5H,(H2,10,13);(H,6,7). The number of rotatable bonds is 1. The zero-order chi connectivity index (χ0) is 15.3. The van der Waals surface area contributed by atoms with Crippen molar-refractivity contribution in [1.29, 1.82) is 0 Å². The molecule has 0 aliphatic heterocycles. The summed E-state index contributed by atoms with van der Waals surface area (Å²) in [6, 6.07) is 5.30. The fourth-order valence-corrected chi connectivity index (χ4v) is 1.10. The maximum Gasteiger partial charge on any atom is 0.490 e. The lowest BCUT2D eigenvalue weighted by Crippen LogP contribution is -2.21. The Labute approximate surface area is 110 Å². The van der Waals surface area contributed by atoms with Crippen molar-refractivity contribution in [3.8, 4) is 0 Å². The van der Waals surface area contributed by atoms with Gasteiger partial charge in [0, 0.05) is 17.8 Å². The van der Waals surface area contributed by atoms with Crippen molar-refractivity contribution in [3.05, 3.63) is 36.2 Å². The summed E-state index contributed by atoms with van der Waals surface area (Å²) < 4.78 is 31.7. The first-order chi connectivity index (χ1) is 9.21. The van der Waals surface area contributed by atoms with Crippen LogP contribution in [0.25, 0.3) is 11.0 Å². The molecule has 0 saturated heterocycles. The molecule has 0 aromatic carbocycles. The summed E-state index contributed by atoms with van der Waals surface area (Å²) in [5.74, 6) is -3.23. The van der Waals surface area contributed by atoms with Crippen LogP contribution in [0.4, 0.5) is 13.2 Å². The number of fused-ring (bicyclic) bond motifs is 1. The smallest absolute Gasteiger partial charge is 0.475 e. The van der Waals surface area contributed by atoms with E-state index in [0.717, 1.165) is 5.39 Å². The van der Waals surface area contributed by atoms with Crippen molar-refractivity contribution < 1.29 is 27.9 Å². The number of aliphatic carboxylic acids is 1. The molecule has 0 aliphatic carbocycles. The number of aromatic nitrogens is 2. The van der Waals surface area contributed by atoms with Gasteiger partial charge in [-0.25, -0.2) is 14.8 Å². The average molecular weight is 287 g/mol. The maximum atomic E-state index is 10.8. The van der Waals surface area contributed by atoms with Crippen LogP contribution in [-0.2, 0) is 4.79 Å². The van der Waals surface area contributed by atoms with Gasteiger partial charge in [0.25, 0.3) is 0 Å². The fourth-order valence-electron chi connectivity index (χ4n) is 1.10. The van der Waals surface area contributed by atoms with E-state index in [1.165, 1.54) is 6.20 Å². The number of carbonyl (C=O) groups excluding carboxylic acids is 1. The van der Waals surface area contributed by atoms with Crippen molar-refractivity contribution in [1.82, 2.24) is 9.97 Å². The summed E-state index contributed by atoms with van der Waals surface area (Å²) in [7, 11) is 0. The molecule has 2 heterocycles. The largest absolute Gasteiger partial charge is 0.490 e. The summed E-state index contributed by atoms with van der Waals surface area (Å²) in [6.45, 7) is 0. The van der Waals surface area contributed by atoms with Gasteiger partial charge in [-0.05, 0) is 18.2 Å². The monoisotopic (exact) mass is 287 g/mol. The predicted octanol–water partition coefficient (Wildman–Crippen LogP) is 1.36. The lowest BCUT2D eigenvalue weighted by Gasteiger charge is -1.97. The van der Waals surface area contributed by atoms with Gasteiger partial charge in [0.05, 0.1) is 5.56 Å². The Kier molecular flexibility index (Phi) is 4.57. The van der Waals surface area contributed by atoms with Gasteiger partial charge in [0.2, 0.25) is 5.91 Å². The van der Waals surface area contributed by atoms with E-state index in [-0.39, 0.29) is 0 Å². The Balaban J connectivity index is 0.000000246. The van der Waals surface area contributed by atoms with E-state index >= 15 is 0 Å². The first-order valence-corrected chi connectivity index (χ1v) is 5.02. The van der Waals surface area contributed by atoms with Crippen molar-refractivity contribution >= 4 is 22.9 Å². The molecule has 0 unspecified atom stereocenters. The van der Waals surface area contributed by atoms with E-state index < -0.39 is 18.1 Å². The molecule has 9 heteroatoms. The molecule has 2 aromatic rings. The summed E-state index contributed by atoms with van der Waals surface area (Å²) >= 11 is 0. The highest BCUT2D eigenvalue weighted by molar-refractivity contribution is 5.95. The highest BCUT2D eigenvalue weighted by Gasteiger charge is 2.38. The molecule has 1 amide bonds. The number of carboxylic acids is 1. The molecule has 0 radical (unpaired) electrons. The zero-order valence-electron chi connectivity index (χ0n) is 9.76. The Bertz CT molecular complexity index is 643. The third kappa shape index (κ3) is 4.19. The number of amides is 1. The van der Waals surface area contributed by atoms with E-state index in [9.17, 15) is 18.0 Å². The van der Waals surface area contributed by atoms with Crippen LogP contribution in [0, 0.1) is 0 Å². The van der Waals surface area contributed by atoms with E-state index in [1.807, 2.05) is 6.07 Å². The minimum absolute atomic E-state index is 0.403. The Morgan fingerprint density at radius 3 is 2.35 bits per heavy atom. The van der Waals surface area contributed by atoms with Crippen LogP contribution in [0.3, 0.4) is 0 Å². The molecular formula is C11H8F3N3O3. The number of pyridine rings is 2. The van der Waals surface area contributed by atoms with E-state index in [0.29, 0.717) is 11.2 Å². The first kappa shape index (κ1) is 15.3. The molecule has 20 heavy (non-hydrogen) atoms. The third-order valence-corrected chi connectivity index (χ3v) is 1.98. The number of primary amides is 1. The highest BCUT2D eigenvalue weighted by atomic mass is 19.4. The molecule has 0 bridgehead atoms. The molecule has 2 rings (SSSR count). The van der Waals surface area contributed by atoms with Crippen LogP contribution in [-0.4, -0.2) is 33.1 Å². The van der Waals surface area contributed by atoms with Crippen LogP contribution in [0.15, 0.2) is 30.6 Å². The lowest BCUT2D eigenvalue weighted by molar-refractivity contribution is -0.192. The summed E-state index contributed by atoms with van der Waals surface area (Å²) in [6.07, 6.45) is -2.00. The number of carbonyl (C=O) groups is 2. The molecule has 106 valence electrons. The highest BCUT2D eigenvalue weighted by Crippen LogP contribution is 2.13. The van der Waals surface area contributed by atoms with Crippen molar-refractivity contribution in [3.63, 3.8) is 0 Å². The zero-order valence-corrected chi connectivity index (χ0v) is 9.76. The van der Waals surface area contributed by atoms with Crippen molar-refractivity contribution in [2.45, 2.75) is 6.18 Å². The second kappa shape index (κ2) is 5.95. The molecule has 0 atom stereocenters. The van der Waals surface area contributed by atoms with Gasteiger partial charge in [-0.15, -0.1) is 0 Å². The van der Waals surface area contributed by atoms with Gasteiger partial charge >= 0.3 is 12.1 Å². The van der Waals surface area contributed by atoms with Gasteiger partial charge < -0.3 is 10.8 Å². The topological polar surface area (TPSA) is 106 Å². The van der Waals surface area contributed by atoms with Gasteiger partial charge in [0.1, 0.15) is 0 Å². The van der Waals surface area contributed by atoms with Gasteiger partial charge in [-0.1, -0.05) is 0 Å². The lowest BCUT2D eigenvalue weighted by atomic mass is 10.2. The molecule has 0 fully saturated rings. The van der Waals surface area contributed by atoms with Gasteiger partial charge in [0.15, 0.2) is 5.65 Å². The molecule has 0 spiro atoms. The Morgan fingerprint density at radius 1 is 1.25 bits per heavy atom. The number of carboxylic acid groups (broad SMARTS) is 1. The number of alkyl halides is 3. The summed E-state index contributed by atoms with van der Waals surface area (Å²) in [5, 5.41) is 7.94. The summed E-state index contributed by atoms with van der Waals surface area (Å²) in [5.41, 5.74) is 6.13. The molecular weight excluding hydrogens is 279 g/mol. The Hall–Kier alpha value is -2.71. The van der Waals surface area contributed by atoms with Crippen LogP contribution in [0.5, 0.6) is 0 Å². The van der Waals surface area contributed by atoms with Crippen molar-refractivity contribution in [2.24, 2.45) is 5.73 Å². The summed E-state index contributed by atoms with van der Waals surface area (Å²) in [4.78, 5) is 27.7. The second-order valence-electron chi connectivity index (χ2n) is 3.44. The minimum Gasteiger partial charge on any atom is -0.475 e. The first-order valence-electron chi connectivity index (χ1n) is 5.02. The van der Waals surface area contributed by atoms with Crippen LogP contribution in [0.2, 0.25) is 0 Å². The van der Waals surface area contributed by atoms with Gasteiger partial charge in [-0.3, -0.25) is 4.79 Å². The van der Waals surface area contributed by atoms with E-state index in [4.69, 9.17) is 15.6 Å². The van der Waals surface area contributed by atoms with Crippen LogP contribution >= 0.6 is 0 Å². The number of hydrogen-bond donors (Lipinski definition) is 2. The van der Waals surface area contributed by atoms with E-state index in [2.05, 4.69) is 9.97 Å². The number of nitrogens with zero attached hydrogens (tertiary/aromatic N) is 2. The maximum absolute atomic E-state index is 10.8. The SMILES string of the molecule is NC(=O)c1cnc2ncccc2c1.O=C(O)C(F)(F)F. The van der Waals surface area contributed by atoms with Crippen molar-refractivity contribution in [2.75, 3.05) is 0 Å². The Morgan fingerprint density at radius 2 is 1.85 bits per heavy atom. The number of halogens is 3. The normalized spacial score (nSPS) is 10.6. The third-order valence-electron chi connectivity index (χ3n) is 1.98. The number of hydrogen-bond acceptors (Lipinski definition) is 4. The molecule has 3 N–H and O–H groups in total. The minimum atomic E-state index is -5.08. The second-order valence-corrected chi connectivity index (χ2v) is 3.44. The quantitative estimate of drug-likeness (QED) is 0.823. The molecule has 0 saturated carbocycles. The number of nitrogens with two attached hydrogens (primary N) is 1.